The number of carbonyl (C=O) groups is 1. The maximum atomic E-state index is 12.8. The highest BCUT2D eigenvalue weighted by Crippen LogP contribution is 2.28. The first-order valence-corrected chi connectivity index (χ1v) is 11.0. The van der Waals surface area contributed by atoms with Gasteiger partial charge in [-0.1, -0.05) is 41.6 Å². The highest BCUT2D eigenvalue weighted by atomic mass is 16.5. The van der Waals surface area contributed by atoms with Gasteiger partial charge in [0, 0.05) is 24.5 Å². The highest BCUT2D eigenvalue weighted by molar-refractivity contribution is 5.92. The number of hydrogen-bond donors (Lipinski definition) is 1. The number of ether oxygens (including phenoxy) is 2. The Hall–Kier alpha value is -4.99. The minimum atomic E-state index is -0.329. The molecule has 0 unspecified atom stereocenters. The Bertz CT molecular complexity index is 1500. The summed E-state index contributed by atoms with van der Waals surface area (Å²) in [5.41, 5.74) is 2.55. The summed E-state index contributed by atoms with van der Waals surface area (Å²) in [6.45, 7) is 0.297. The van der Waals surface area contributed by atoms with Gasteiger partial charge in [-0.3, -0.25) is 9.36 Å². The van der Waals surface area contributed by atoms with E-state index in [1.54, 1.807) is 43.3 Å². The standard InChI is InChI=1S/C26H22N6O4/c1-34-21-11-10-17(13-22(21)35-2)14-28-25(33)20-15-32(16-29-20)24-19(9-6-12-27-24)26-30-23(31-36-26)18-7-4-3-5-8-18/h3-13,15-16H,14H2,1-2H3,(H,28,33). The number of pyridine rings is 1. The molecule has 10 nitrogen and oxygen atoms in total. The van der Waals surface area contributed by atoms with Crippen molar-refractivity contribution in [3.8, 4) is 40.2 Å². The van der Waals surface area contributed by atoms with E-state index in [1.165, 1.54) is 6.33 Å². The summed E-state index contributed by atoms with van der Waals surface area (Å²) in [4.78, 5) is 26.0. The second-order valence-corrected chi connectivity index (χ2v) is 7.70. The molecule has 0 aliphatic heterocycles. The van der Waals surface area contributed by atoms with Gasteiger partial charge in [0.2, 0.25) is 5.82 Å². The molecular weight excluding hydrogens is 460 g/mol. The van der Waals surface area contributed by atoms with Crippen LogP contribution in [0.25, 0.3) is 28.7 Å². The summed E-state index contributed by atoms with van der Waals surface area (Å²) in [6.07, 6.45) is 4.76. The first kappa shape index (κ1) is 22.8. The second kappa shape index (κ2) is 10.1. The van der Waals surface area contributed by atoms with Crippen LogP contribution in [0, 0.1) is 0 Å². The Labute approximate surface area is 206 Å². The summed E-state index contributed by atoms with van der Waals surface area (Å²) in [7, 11) is 3.14. The maximum Gasteiger partial charge on any atom is 0.271 e. The smallest absolute Gasteiger partial charge is 0.271 e. The number of nitrogens with one attached hydrogen (secondary N) is 1. The van der Waals surface area contributed by atoms with Gasteiger partial charge in [0.15, 0.2) is 17.3 Å². The van der Waals surface area contributed by atoms with Crippen molar-refractivity contribution in [1.82, 2.24) is 30.0 Å². The third-order valence-corrected chi connectivity index (χ3v) is 5.44. The van der Waals surface area contributed by atoms with Gasteiger partial charge in [-0.05, 0) is 29.8 Å². The Balaban J connectivity index is 1.34. The van der Waals surface area contributed by atoms with E-state index in [0.29, 0.717) is 41.1 Å². The van der Waals surface area contributed by atoms with E-state index in [0.717, 1.165) is 11.1 Å². The number of aromatic nitrogens is 5. The normalized spacial score (nSPS) is 10.7. The molecule has 0 fully saturated rings. The molecule has 0 aliphatic rings. The van der Waals surface area contributed by atoms with Crippen molar-refractivity contribution in [2.75, 3.05) is 14.2 Å². The summed E-state index contributed by atoms with van der Waals surface area (Å²) >= 11 is 0. The summed E-state index contributed by atoms with van der Waals surface area (Å²) in [5, 5.41) is 6.95. The van der Waals surface area contributed by atoms with E-state index in [-0.39, 0.29) is 11.6 Å². The van der Waals surface area contributed by atoms with E-state index in [9.17, 15) is 4.79 Å². The summed E-state index contributed by atoms with van der Waals surface area (Å²) in [6, 6.07) is 18.6. The molecule has 2 aromatic carbocycles. The fourth-order valence-corrected chi connectivity index (χ4v) is 3.63. The number of nitrogens with zero attached hydrogens (tertiary/aromatic N) is 5. The molecule has 0 saturated carbocycles. The van der Waals surface area contributed by atoms with E-state index < -0.39 is 0 Å². The van der Waals surface area contributed by atoms with E-state index in [4.69, 9.17) is 14.0 Å². The number of carbonyl (C=O) groups excluding carboxylic acids is 1. The summed E-state index contributed by atoms with van der Waals surface area (Å²) in [5.74, 6) is 2.17. The topological polar surface area (TPSA) is 117 Å². The Morgan fingerprint density at radius 3 is 2.64 bits per heavy atom. The first-order chi connectivity index (χ1) is 17.7. The molecule has 0 bridgehead atoms. The fourth-order valence-electron chi connectivity index (χ4n) is 3.63. The lowest BCUT2D eigenvalue weighted by Crippen LogP contribution is -2.23. The van der Waals surface area contributed by atoms with Crippen LogP contribution in [0.5, 0.6) is 11.5 Å². The van der Waals surface area contributed by atoms with Crippen LogP contribution in [0.2, 0.25) is 0 Å². The number of methoxy groups -OCH3 is 2. The number of hydrogen-bond acceptors (Lipinski definition) is 8. The SMILES string of the molecule is COc1ccc(CNC(=O)c2cn(-c3ncccc3-c3nc(-c4ccccc4)no3)cn2)cc1OC. The Kier molecular flexibility index (Phi) is 6.39. The molecule has 3 aromatic heterocycles. The Morgan fingerprint density at radius 2 is 1.83 bits per heavy atom. The van der Waals surface area contributed by atoms with E-state index in [1.807, 2.05) is 48.5 Å². The molecule has 5 rings (SSSR count). The van der Waals surface area contributed by atoms with E-state index in [2.05, 4.69) is 25.4 Å². The van der Waals surface area contributed by atoms with Crippen molar-refractivity contribution in [3.63, 3.8) is 0 Å². The zero-order valence-electron chi connectivity index (χ0n) is 19.6. The number of benzene rings is 2. The lowest BCUT2D eigenvalue weighted by atomic mass is 10.2. The predicted octanol–water partition coefficient (Wildman–Crippen LogP) is 3.93. The average molecular weight is 483 g/mol. The molecule has 0 saturated heterocycles. The van der Waals surface area contributed by atoms with Crippen LogP contribution in [0.4, 0.5) is 0 Å². The van der Waals surface area contributed by atoms with Crippen molar-refractivity contribution >= 4 is 5.91 Å². The number of imidazole rings is 1. The third kappa shape index (κ3) is 4.64. The van der Waals surface area contributed by atoms with Gasteiger partial charge in [-0.2, -0.15) is 4.98 Å². The van der Waals surface area contributed by atoms with Crippen LogP contribution >= 0.6 is 0 Å². The molecule has 0 spiro atoms. The molecule has 5 aromatic rings. The quantitative estimate of drug-likeness (QED) is 0.354. The maximum absolute atomic E-state index is 12.8. The largest absolute Gasteiger partial charge is 0.493 e. The molecule has 36 heavy (non-hydrogen) atoms. The van der Waals surface area contributed by atoms with Crippen molar-refractivity contribution in [2.24, 2.45) is 0 Å². The third-order valence-electron chi connectivity index (χ3n) is 5.44. The highest BCUT2D eigenvalue weighted by Gasteiger charge is 2.18. The zero-order valence-corrected chi connectivity index (χ0v) is 19.6. The van der Waals surface area contributed by atoms with Crippen LogP contribution in [-0.2, 0) is 6.54 Å². The van der Waals surface area contributed by atoms with Crippen LogP contribution < -0.4 is 14.8 Å². The van der Waals surface area contributed by atoms with Crippen LogP contribution in [0.3, 0.4) is 0 Å². The molecule has 0 aliphatic carbocycles. The van der Waals surface area contributed by atoms with Gasteiger partial charge in [0.25, 0.3) is 11.8 Å². The zero-order chi connectivity index (χ0) is 24.9. The van der Waals surface area contributed by atoms with Crippen LogP contribution in [0.1, 0.15) is 16.1 Å². The number of rotatable bonds is 8. The Morgan fingerprint density at radius 1 is 1.00 bits per heavy atom. The molecule has 3 heterocycles. The minimum absolute atomic E-state index is 0.239. The lowest BCUT2D eigenvalue weighted by Gasteiger charge is -2.10. The predicted molar refractivity (Wildman–Crippen MR) is 131 cm³/mol. The van der Waals surface area contributed by atoms with Crippen molar-refractivity contribution in [3.05, 3.63) is 90.6 Å². The van der Waals surface area contributed by atoms with Gasteiger partial charge in [-0.15, -0.1) is 0 Å². The van der Waals surface area contributed by atoms with Crippen LogP contribution in [-0.4, -0.2) is 44.8 Å². The van der Waals surface area contributed by atoms with Crippen LogP contribution in [0.15, 0.2) is 83.9 Å². The van der Waals surface area contributed by atoms with Gasteiger partial charge in [0.1, 0.15) is 12.0 Å². The molecule has 0 radical (unpaired) electrons. The monoisotopic (exact) mass is 482 g/mol. The van der Waals surface area contributed by atoms with Crippen molar-refractivity contribution in [2.45, 2.75) is 6.54 Å². The van der Waals surface area contributed by atoms with Gasteiger partial charge >= 0.3 is 0 Å². The molecule has 0 atom stereocenters. The molecule has 1 amide bonds. The van der Waals surface area contributed by atoms with Crippen molar-refractivity contribution in [1.29, 1.82) is 0 Å². The van der Waals surface area contributed by atoms with Gasteiger partial charge < -0.3 is 19.3 Å². The number of amides is 1. The lowest BCUT2D eigenvalue weighted by molar-refractivity contribution is 0.0946. The molecule has 180 valence electrons. The molecule has 1 N–H and O–H groups in total. The van der Waals surface area contributed by atoms with Gasteiger partial charge in [0.05, 0.1) is 19.8 Å². The fraction of sp³-hybridized carbons (Fsp3) is 0.115. The molecular formula is C26H22N6O4. The van der Waals surface area contributed by atoms with Gasteiger partial charge in [-0.25, -0.2) is 9.97 Å². The molecule has 10 heteroatoms. The average Bonchev–Trinajstić information content (AvgIpc) is 3.63. The minimum Gasteiger partial charge on any atom is -0.493 e. The van der Waals surface area contributed by atoms with E-state index >= 15 is 0 Å². The summed E-state index contributed by atoms with van der Waals surface area (Å²) < 4.78 is 17.7. The second-order valence-electron chi connectivity index (χ2n) is 7.70. The van der Waals surface area contributed by atoms with Crippen molar-refractivity contribution < 1.29 is 18.8 Å². The first-order valence-electron chi connectivity index (χ1n) is 11.0.